The first-order valence-electron chi connectivity index (χ1n) is 8.54. The molecule has 0 radical (unpaired) electrons. The van der Waals surface area contributed by atoms with E-state index in [9.17, 15) is 13.6 Å². The number of hydrogen-bond donors (Lipinski definition) is 1. The zero-order valence-corrected chi connectivity index (χ0v) is 15.1. The molecule has 7 heteroatoms. The first kappa shape index (κ1) is 20.8. The van der Waals surface area contributed by atoms with Crippen LogP contribution in [0.15, 0.2) is 60.7 Å². The molecule has 0 saturated heterocycles. The Kier molecular flexibility index (Phi) is 7.69. The van der Waals surface area contributed by atoms with E-state index < -0.39 is 24.7 Å². The average Bonchev–Trinajstić information content (AvgIpc) is 2.70. The van der Waals surface area contributed by atoms with E-state index in [1.165, 1.54) is 0 Å². The van der Waals surface area contributed by atoms with Crippen LogP contribution >= 0.6 is 0 Å². The van der Waals surface area contributed by atoms with Gasteiger partial charge in [-0.1, -0.05) is 60.7 Å². The predicted molar refractivity (Wildman–Crippen MR) is 96.1 cm³/mol. The van der Waals surface area contributed by atoms with Gasteiger partial charge in [-0.25, -0.2) is 13.6 Å². The monoisotopic (exact) mass is 379 g/mol. The molecule has 1 amide bonds. The molecule has 0 saturated carbocycles. The zero-order valence-electron chi connectivity index (χ0n) is 15.1. The lowest BCUT2D eigenvalue weighted by Crippen LogP contribution is -2.52. The van der Waals surface area contributed by atoms with Crippen molar-refractivity contribution in [2.24, 2.45) is 0 Å². The van der Waals surface area contributed by atoms with Crippen LogP contribution in [0.3, 0.4) is 0 Å². The standard InChI is InChI=1S/C20H23F2NO4/c1-26-23(19(25)27-14-17-10-6-3-7-11-17)18(20(21,22)15-24)13-12-16-8-4-2-5-9-16/h2-11,18,24H,12-15H2,1H3/t18-/m1/s1. The van der Waals surface area contributed by atoms with Crippen LogP contribution in [0.2, 0.25) is 0 Å². The third-order valence-corrected chi connectivity index (χ3v) is 4.11. The van der Waals surface area contributed by atoms with Gasteiger partial charge in [-0.3, -0.25) is 4.84 Å². The van der Waals surface area contributed by atoms with Crippen molar-refractivity contribution in [2.75, 3.05) is 13.7 Å². The van der Waals surface area contributed by atoms with Gasteiger partial charge in [-0.05, 0) is 24.0 Å². The van der Waals surface area contributed by atoms with Gasteiger partial charge in [0.1, 0.15) is 19.3 Å². The molecule has 2 aromatic rings. The molecule has 0 aromatic heterocycles. The van der Waals surface area contributed by atoms with Gasteiger partial charge < -0.3 is 9.84 Å². The SMILES string of the molecule is CON(C(=O)OCc1ccccc1)[C@H](CCc1ccccc1)C(F)(F)CO. The normalized spacial score (nSPS) is 12.4. The van der Waals surface area contributed by atoms with Crippen molar-refractivity contribution in [2.45, 2.75) is 31.4 Å². The summed E-state index contributed by atoms with van der Waals surface area (Å²) < 4.78 is 33.7. The van der Waals surface area contributed by atoms with Crippen molar-refractivity contribution in [1.82, 2.24) is 5.06 Å². The van der Waals surface area contributed by atoms with Gasteiger partial charge in [-0.2, -0.15) is 5.06 Å². The summed E-state index contributed by atoms with van der Waals surface area (Å²) in [7, 11) is 1.12. The number of hydroxylamine groups is 2. The van der Waals surface area contributed by atoms with Crippen LogP contribution < -0.4 is 0 Å². The molecule has 0 bridgehead atoms. The van der Waals surface area contributed by atoms with Gasteiger partial charge in [0.25, 0.3) is 5.92 Å². The number of hydrogen-bond acceptors (Lipinski definition) is 4. The predicted octanol–water partition coefficient (Wildman–Crippen LogP) is 3.82. The highest BCUT2D eigenvalue weighted by Crippen LogP contribution is 2.28. The first-order chi connectivity index (χ1) is 13.0. The lowest BCUT2D eigenvalue weighted by molar-refractivity contribution is -0.210. The van der Waals surface area contributed by atoms with E-state index in [1.807, 2.05) is 12.1 Å². The van der Waals surface area contributed by atoms with Crippen LogP contribution in [-0.2, 0) is 22.6 Å². The summed E-state index contributed by atoms with van der Waals surface area (Å²) in [6.07, 6.45) is -0.855. The van der Waals surface area contributed by atoms with E-state index in [4.69, 9.17) is 14.7 Å². The molecule has 1 N–H and O–H groups in total. The van der Waals surface area contributed by atoms with Crippen molar-refractivity contribution >= 4 is 6.09 Å². The van der Waals surface area contributed by atoms with Crippen molar-refractivity contribution in [1.29, 1.82) is 0 Å². The fourth-order valence-corrected chi connectivity index (χ4v) is 2.67. The second-order valence-corrected chi connectivity index (χ2v) is 6.01. The number of carbonyl (C=O) groups excluding carboxylic acids is 1. The Morgan fingerprint density at radius 2 is 1.63 bits per heavy atom. The van der Waals surface area contributed by atoms with E-state index in [2.05, 4.69) is 0 Å². The Balaban J connectivity index is 2.08. The molecule has 0 fully saturated rings. The van der Waals surface area contributed by atoms with Crippen LogP contribution in [0.25, 0.3) is 0 Å². The quantitative estimate of drug-likeness (QED) is 0.673. The number of halogens is 2. The number of ether oxygens (including phenoxy) is 1. The van der Waals surface area contributed by atoms with Crippen molar-refractivity contribution in [3.8, 4) is 0 Å². The van der Waals surface area contributed by atoms with Crippen molar-refractivity contribution < 1.29 is 28.3 Å². The van der Waals surface area contributed by atoms with Crippen LogP contribution in [0.1, 0.15) is 17.5 Å². The molecule has 146 valence electrons. The molecule has 0 unspecified atom stereocenters. The van der Waals surface area contributed by atoms with Gasteiger partial charge in [-0.15, -0.1) is 0 Å². The van der Waals surface area contributed by atoms with Gasteiger partial charge in [0.15, 0.2) is 0 Å². The summed E-state index contributed by atoms with van der Waals surface area (Å²) >= 11 is 0. The first-order valence-corrected chi connectivity index (χ1v) is 8.54. The molecule has 2 aromatic carbocycles. The van der Waals surface area contributed by atoms with E-state index in [1.54, 1.807) is 48.5 Å². The van der Waals surface area contributed by atoms with Gasteiger partial charge >= 0.3 is 6.09 Å². The summed E-state index contributed by atoms with van der Waals surface area (Å²) in [6.45, 7) is -1.48. The highest BCUT2D eigenvalue weighted by molar-refractivity contribution is 5.67. The molecule has 2 rings (SSSR count). The fourth-order valence-electron chi connectivity index (χ4n) is 2.67. The Morgan fingerprint density at radius 3 is 2.15 bits per heavy atom. The maximum absolute atomic E-state index is 14.3. The maximum Gasteiger partial charge on any atom is 0.434 e. The minimum atomic E-state index is -3.55. The Bertz CT molecular complexity index is 698. The molecule has 1 atom stereocenters. The third-order valence-electron chi connectivity index (χ3n) is 4.11. The number of aryl methyl sites for hydroxylation is 1. The molecule has 27 heavy (non-hydrogen) atoms. The molecular formula is C20H23F2NO4. The van der Waals surface area contributed by atoms with Crippen molar-refractivity contribution in [3.63, 3.8) is 0 Å². The van der Waals surface area contributed by atoms with Gasteiger partial charge in [0.05, 0.1) is 7.11 Å². The zero-order chi connectivity index (χ0) is 19.7. The molecule has 0 aliphatic heterocycles. The molecule has 0 heterocycles. The minimum absolute atomic E-state index is 0.0738. The van der Waals surface area contributed by atoms with Crippen molar-refractivity contribution in [3.05, 3.63) is 71.8 Å². The topological polar surface area (TPSA) is 59.0 Å². The van der Waals surface area contributed by atoms with Crippen LogP contribution in [-0.4, -0.2) is 41.9 Å². The molecular weight excluding hydrogens is 356 g/mol. The smallest absolute Gasteiger partial charge is 0.434 e. The maximum atomic E-state index is 14.3. The second kappa shape index (κ2) is 9.99. The van der Waals surface area contributed by atoms with E-state index >= 15 is 0 Å². The lowest BCUT2D eigenvalue weighted by Gasteiger charge is -2.33. The molecule has 0 aliphatic rings. The van der Waals surface area contributed by atoms with E-state index in [-0.39, 0.29) is 19.4 Å². The van der Waals surface area contributed by atoms with Gasteiger partial charge in [0.2, 0.25) is 0 Å². The van der Waals surface area contributed by atoms with Gasteiger partial charge in [0, 0.05) is 0 Å². The highest BCUT2D eigenvalue weighted by Gasteiger charge is 2.45. The minimum Gasteiger partial charge on any atom is -0.443 e. The van der Waals surface area contributed by atoms with Crippen LogP contribution in [0.4, 0.5) is 13.6 Å². The lowest BCUT2D eigenvalue weighted by atomic mass is 10.0. The fraction of sp³-hybridized carbons (Fsp3) is 0.350. The molecule has 0 aliphatic carbocycles. The number of carbonyl (C=O) groups is 1. The number of amides is 1. The highest BCUT2D eigenvalue weighted by atomic mass is 19.3. The second-order valence-electron chi connectivity index (χ2n) is 6.01. The Labute approximate surface area is 157 Å². The summed E-state index contributed by atoms with van der Waals surface area (Å²) in [5, 5.41) is 9.61. The van der Waals surface area contributed by atoms with Crippen LogP contribution in [0.5, 0.6) is 0 Å². The van der Waals surface area contributed by atoms with E-state index in [0.717, 1.165) is 18.2 Å². The Hall–Kier alpha value is -2.51. The number of rotatable bonds is 9. The molecule has 0 spiro atoms. The largest absolute Gasteiger partial charge is 0.443 e. The number of nitrogens with zero attached hydrogens (tertiary/aromatic N) is 1. The average molecular weight is 379 g/mol. The number of alkyl halides is 2. The Morgan fingerprint density at radius 1 is 1.07 bits per heavy atom. The van der Waals surface area contributed by atoms with Crippen LogP contribution in [0, 0.1) is 0 Å². The molecule has 5 nitrogen and oxygen atoms in total. The summed E-state index contributed by atoms with van der Waals surface area (Å²) in [4.78, 5) is 17.2. The summed E-state index contributed by atoms with van der Waals surface area (Å²) in [5.41, 5.74) is 1.56. The third kappa shape index (κ3) is 6.01. The van der Waals surface area contributed by atoms with E-state index in [0.29, 0.717) is 5.06 Å². The number of aliphatic hydroxyl groups excluding tert-OH is 1. The summed E-state index contributed by atoms with van der Waals surface area (Å²) in [5.74, 6) is -3.55. The number of aliphatic hydroxyl groups is 1. The number of benzene rings is 2. The summed E-state index contributed by atoms with van der Waals surface area (Å²) in [6, 6.07) is 16.2.